The third-order valence-corrected chi connectivity index (χ3v) is 8.66. The molecule has 2 aromatic rings. The molecule has 7 heteroatoms. The van der Waals surface area contributed by atoms with Crippen molar-refractivity contribution < 1.29 is 17.9 Å². The summed E-state index contributed by atoms with van der Waals surface area (Å²) in [5.41, 5.74) is 3.63. The third kappa shape index (κ3) is 5.70. The molecule has 2 heterocycles. The van der Waals surface area contributed by atoms with Gasteiger partial charge in [0.15, 0.2) is 9.84 Å². The van der Waals surface area contributed by atoms with E-state index in [0.717, 1.165) is 69.6 Å². The number of fused-ring (bicyclic) bond motifs is 1. The molecule has 0 aromatic heterocycles. The van der Waals surface area contributed by atoms with Crippen LogP contribution in [-0.4, -0.2) is 64.0 Å². The first kappa shape index (κ1) is 24.9. The molecule has 0 bridgehead atoms. The highest BCUT2D eigenvalue weighted by molar-refractivity contribution is 7.90. The molecule has 0 N–H and O–H groups in total. The zero-order valence-corrected chi connectivity index (χ0v) is 21.3. The van der Waals surface area contributed by atoms with Crippen molar-refractivity contribution in [2.45, 2.75) is 50.1 Å². The van der Waals surface area contributed by atoms with Gasteiger partial charge in [-0.2, -0.15) is 0 Å². The molecule has 4 rings (SSSR count). The van der Waals surface area contributed by atoms with Gasteiger partial charge in [-0.3, -0.25) is 4.90 Å². The van der Waals surface area contributed by atoms with Crippen LogP contribution >= 0.6 is 0 Å². The Balaban J connectivity index is 1.37. The second-order valence-corrected chi connectivity index (χ2v) is 12.2. The van der Waals surface area contributed by atoms with Crippen molar-refractivity contribution >= 4 is 16.1 Å². The number of hydrogen-bond donors (Lipinski definition) is 0. The molecule has 0 aliphatic carbocycles. The Bertz CT molecular complexity index is 1110. The molecular formula is C27H36N2O4S. The number of carbonyl (C=O) groups is 1. The minimum absolute atomic E-state index is 0.0273. The summed E-state index contributed by atoms with van der Waals surface area (Å²) in [6.45, 7) is 6.53. The van der Waals surface area contributed by atoms with Crippen LogP contribution in [0.3, 0.4) is 0 Å². The smallest absolute Gasteiger partial charge is 0.175 e. The molecule has 1 unspecified atom stereocenters. The summed E-state index contributed by atoms with van der Waals surface area (Å²) < 4.78 is 29.2. The molecule has 0 amide bonds. The van der Waals surface area contributed by atoms with Crippen LogP contribution in [0.1, 0.15) is 48.9 Å². The molecule has 184 valence electrons. The Morgan fingerprint density at radius 3 is 2.50 bits per heavy atom. The van der Waals surface area contributed by atoms with Crippen LogP contribution in [0.25, 0.3) is 0 Å². The Morgan fingerprint density at radius 2 is 1.85 bits per heavy atom. The number of aldehydes is 1. The number of benzene rings is 2. The average molecular weight is 485 g/mol. The molecule has 0 saturated carbocycles. The van der Waals surface area contributed by atoms with Gasteiger partial charge in [0, 0.05) is 38.2 Å². The van der Waals surface area contributed by atoms with Crippen LogP contribution in [-0.2, 0) is 27.6 Å². The highest BCUT2D eigenvalue weighted by Crippen LogP contribution is 2.39. The molecule has 1 saturated heterocycles. The van der Waals surface area contributed by atoms with E-state index >= 15 is 0 Å². The first-order chi connectivity index (χ1) is 16.2. The van der Waals surface area contributed by atoms with Crippen LogP contribution in [0.15, 0.2) is 47.4 Å². The quantitative estimate of drug-likeness (QED) is 0.503. The van der Waals surface area contributed by atoms with Crippen molar-refractivity contribution in [3.8, 4) is 5.75 Å². The molecule has 1 fully saturated rings. The van der Waals surface area contributed by atoms with Crippen LogP contribution in [0.4, 0.5) is 0 Å². The maximum absolute atomic E-state index is 11.7. The van der Waals surface area contributed by atoms with Crippen molar-refractivity contribution in [1.82, 2.24) is 9.80 Å². The molecule has 1 atom stereocenters. The normalized spacial score (nSPS) is 18.9. The van der Waals surface area contributed by atoms with Crippen molar-refractivity contribution in [3.05, 3.63) is 59.2 Å². The molecule has 0 spiro atoms. The lowest BCUT2D eigenvalue weighted by Crippen LogP contribution is -2.46. The largest absolute Gasteiger partial charge is 0.493 e. The first-order valence-corrected chi connectivity index (χ1v) is 14.0. The maximum atomic E-state index is 11.7. The Labute approximate surface area is 203 Å². The van der Waals surface area contributed by atoms with E-state index in [9.17, 15) is 13.2 Å². The standard InChI is InChI=1S/C27H36N2O4S/c1-21(24-7-6-23-10-17-33-26(23)18-24)29-14-11-27(12-15-29,13-16-30)20-28(2)19-22-4-8-25(9-5-22)34(3,31)32/h4-9,16,18,21H,10-15,17,19-20H2,1-3H3. The summed E-state index contributed by atoms with van der Waals surface area (Å²) >= 11 is 0. The number of piperidine rings is 1. The fourth-order valence-electron chi connectivity index (χ4n) is 5.43. The van der Waals surface area contributed by atoms with Gasteiger partial charge in [-0.15, -0.1) is 0 Å². The van der Waals surface area contributed by atoms with E-state index in [4.69, 9.17) is 4.74 Å². The summed E-state index contributed by atoms with van der Waals surface area (Å²) in [5.74, 6) is 1.03. The fraction of sp³-hybridized carbons (Fsp3) is 0.519. The van der Waals surface area contributed by atoms with Crippen LogP contribution in [0, 0.1) is 5.41 Å². The Kier molecular flexibility index (Phi) is 7.45. The molecule has 0 radical (unpaired) electrons. The SMILES string of the molecule is CC(c1ccc2c(c1)OCC2)N1CCC(CC=O)(CN(C)Cc2ccc(S(C)(=O)=O)cc2)CC1. The van der Waals surface area contributed by atoms with E-state index < -0.39 is 9.84 Å². The molecular weight excluding hydrogens is 448 g/mol. The Hall–Kier alpha value is -2.22. The Morgan fingerprint density at radius 1 is 1.15 bits per heavy atom. The van der Waals surface area contributed by atoms with Gasteiger partial charge < -0.3 is 14.4 Å². The summed E-state index contributed by atoms with van der Waals surface area (Å²) in [7, 11) is -1.11. The number of sulfone groups is 1. The summed E-state index contributed by atoms with van der Waals surface area (Å²) in [6.07, 6.45) is 5.83. The molecule has 6 nitrogen and oxygen atoms in total. The van der Waals surface area contributed by atoms with Crippen LogP contribution in [0.2, 0.25) is 0 Å². The fourth-order valence-corrected chi connectivity index (χ4v) is 6.06. The van der Waals surface area contributed by atoms with E-state index in [-0.39, 0.29) is 5.41 Å². The first-order valence-electron chi connectivity index (χ1n) is 12.1. The van der Waals surface area contributed by atoms with E-state index in [2.05, 4.69) is 42.0 Å². The maximum Gasteiger partial charge on any atom is 0.175 e. The highest BCUT2D eigenvalue weighted by atomic mass is 32.2. The van der Waals surface area contributed by atoms with Crippen LogP contribution < -0.4 is 4.74 Å². The number of carbonyl (C=O) groups excluding carboxylic acids is 1. The van der Waals surface area contributed by atoms with Crippen LogP contribution in [0.5, 0.6) is 5.75 Å². The molecule has 2 aliphatic heterocycles. The summed E-state index contributed by atoms with van der Waals surface area (Å²) in [5, 5.41) is 0. The number of nitrogens with zero attached hydrogens (tertiary/aromatic N) is 2. The molecule has 2 aromatic carbocycles. The predicted molar refractivity (Wildman–Crippen MR) is 134 cm³/mol. The average Bonchev–Trinajstić information content (AvgIpc) is 3.27. The van der Waals surface area contributed by atoms with Gasteiger partial charge in [-0.05, 0) is 80.2 Å². The molecule has 2 aliphatic rings. The van der Waals surface area contributed by atoms with Gasteiger partial charge >= 0.3 is 0 Å². The lowest BCUT2D eigenvalue weighted by Gasteiger charge is -2.45. The monoisotopic (exact) mass is 484 g/mol. The predicted octanol–water partition coefficient (Wildman–Crippen LogP) is 3.89. The van der Waals surface area contributed by atoms with E-state index in [0.29, 0.717) is 17.4 Å². The van der Waals surface area contributed by atoms with Crippen molar-refractivity contribution in [3.63, 3.8) is 0 Å². The zero-order valence-electron chi connectivity index (χ0n) is 20.5. The highest BCUT2D eigenvalue weighted by Gasteiger charge is 2.36. The van der Waals surface area contributed by atoms with Gasteiger partial charge in [0.1, 0.15) is 12.0 Å². The minimum Gasteiger partial charge on any atom is -0.493 e. The van der Waals surface area contributed by atoms with Crippen molar-refractivity contribution in [2.75, 3.05) is 39.5 Å². The van der Waals surface area contributed by atoms with Crippen molar-refractivity contribution in [1.29, 1.82) is 0 Å². The van der Waals surface area contributed by atoms with Gasteiger partial charge in [-0.1, -0.05) is 24.3 Å². The molecule has 34 heavy (non-hydrogen) atoms. The number of ether oxygens (including phenoxy) is 1. The summed E-state index contributed by atoms with van der Waals surface area (Å²) in [6, 6.07) is 14.0. The summed E-state index contributed by atoms with van der Waals surface area (Å²) in [4.78, 5) is 16.7. The minimum atomic E-state index is -3.19. The lowest BCUT2D eigenvalue weighted by atomic mass is 9.75. The third-order valence-electron chi connectivity index (χ3n) is 7.53. The number of likely N-dealkylation sites (tertiary alicyclic amines) is 1. The van der Waals surface area contributed by atoms with Gasteiger partial charge in [-0.25, -0.2) is 8.42 Å². The van der Waals surface area contributed by atoms with E-state index in [1.54, 1.807) is 12.1 Å². The van der Waals surface area contributed by atoms with Gasteiger partial charge in [0.05, 0.1) is 11.5 Å². The second kappa shape index (κ2) is 10.2. The van der Waals surface area contributed by atoms with E-state index in [1.165, 1.54) is 17.4 Å². The number of hydrogen-bond acceptors (Lipinski definition) is 6. The lowest BCUT2D eigenvalue weighted by molar-refractivity contribution is -0.111. The van der Waals surface area contributed by atoms with Gasteiger partial charge in [0.25, 0.3) is 0 Å². The van der Waals surface area contributed by atoms with E-state index in [1.807, 2.05) is 12.1 Å². The number of rotatable bonds is 9. The topological polar surface area (TPSA) is 66.9 Å². The van der Waals surface area contributed by atoms with Crippen molar-refractivity contribution in [2.24, 2.45) is 5.41 Å². The second-order valence-electron chi connectivity index (χ2n) is 10.1. The van der Waals surface area contributed by atoms with Gasteiger partial charge in [0.2, 0.25) is 0 Å². The zero-order chi connectivity index (χ0) is 24.3.